The molecule has 6 nitrogen and oxygen atoms in total. The van der Waals surface area contributed by atoms with Gasteiger partial charge in [0.2, 0.25) is 5.91 Å². The summed E-state index contributed by atoms with van der Waals surface area (Å²) in [6.45, 7) is 0.297. The predicted octanol–water partition coefficient (Wildman–Crippen LogP) is 3.64. The van der Waals surface area contributed by atoms with Gasteiger partial charge in [-0.3, -0.25) is 4.79 Å². The Hall–Kier alpha value is -3.23. The number of ether oxygens (including phenoxy) is 1. The highest BCUT2D eigenvalue weighted by Gasteiger charge is 2.32. The third-order valence-corrected chi connectivity index (χ3v) is 4.31. The molecule has 148 valence electrons. The molecule has 0 spiro atoms. The van der Waals surface area contributed by atoms with Gasteiger partial charge in [-0.1, -0.05) is 0 Å². The monoisotopic (exact) mass is 393 g/mol. The SMILES string of the molecule is COc1ccc(N2C[C@H](NC(=O)Nc3ccc(C(F)(F)F)cc3)CC2=O)cc1. The molecular formula is C19H18F3N3O3. The second kappa shape index (κ2) is 7.79. The lowest BCUT2D eigenvalue weighted by Gasteiger charge is -2.18. The highest BCUT2D eigenvalue weighted by atomic mass is 19.4. The number of rotatable bonds is 4. The maximum atomic E-state index is 12.6. The van der Waals surface area contributed by atoms with Crippen LogP contribution in [-0.2, 0) is 11.0 Å². The van der Waals surface area contributed by atoms with Crippen molar-refractivity contribution in [3.63, 3.8) is 0 Å². The molecule has 1 saturated heterocycles. The van der Waals surface area contributed by atoms with Crippen LogP contribution in [-0.4, -0.2) is 31.6 Å². The molecule has 2 aromatic carbocycles. The summed E-state index contributed by atoms with van der Waals surface area (Å²) in [5.41, 5.74) is 0.120. The van der Waals surface area contributed by atoms with Crippen LogP contribution in [0.15, 0.2) is 48.5 Å². The molecule has 1 fully saturated rings. The molecule has 1 aliphatic heterocycles. The normalized spacial score (nSPS) is 16.8. The summed E-state index contributed by atoms with van der Waals surface area (Å²) in [4.78, 5) is 25.9. The van der Waals surface area contributed by atoms with Crippen molar-refractivity contribution < 1.29 is 27.5 Å². The molecule has 3 amide bonds. The minimum Gasteiger partial charge on any atom is -0.497 e. The maximum Gasteiger partial charge on any atom is 0.416 e. The highest BCUT2D eigenvalue weighted by molar-refractivity contribution is 5.97. The van der Waals surface area contributed by atoms with Crippen LogP contribution in [0.25, 0.3) is 0 Å². The van der Waals surface area contributed by atoms with Crippen molar-refractivity contribution in [1.29, 1.82) is 0 Å². The molecule has 1 aliphatic rings. The van der Waals surface area contributed by atoms with Gasteiger partial charge in [0.15, 0.2) is 0 Å². The number of alkyl halides is 3. The number of halogens is 3. The van der Waals surface area contributed by atoms with Crippen LogP contribution in [0.2, 0.25) is 0 Å². The lowest BCUT2D eigenvalue weighted by atomic mass is 10.2. The third kappa shape index (κ3) is 4.54. The van der Waals surface area contributed by atoms with Gasteiger partial charge < -0.3 is 20.3 Å². The number of benzene rings is 2. The highest BCUT2D eigenvalue weighted by Crippen LogP contribution is 2.30. The number of nitrogens with zero attached hydrogens (tertiary/aromatic N) is 1. The van der Waals surface area contributed by atoms with Crippen molar-refractivity contribution in [2.45, 2.75) is 18.6 Å². The van der Waals surface area contributed by atoms with Crippen LogP contribution in [0.4, 0.5) is 29.3 Å². The zero-order valence-corrected chi connectivity index (χ0v) is 14.9. The molecule has 1 atom stereocenters. The molecule has 0 saturated carbocycles. The molecule has 0 bridgehead atoms. The number of methoxy groups -OCH3 is 1. The van der Waals surface area contributed by atoms with E-state index >= 15 is 0 Å². The minimum atomic E-state index is -4.43. The van der Waals surface area contributed by atoms with E-state index in [-0.39, 0.29) is 18.0 Å². The fourth-order valence-electron chi connectivity index (χ4n) is 2.91. The molecule has 0 unspecified atom stereocenters. The van der Waals surface area contributed by atoms with E-state index in [0.29, 0.717) is 18.0 Å². The summed E-state index contributed by atoms with van der Waals surface area (Å²) in [5.74, 6) is 0.533. The second-order valence-electron chi connectivity index (χ2n) is 6.28. The van der Waals surface area contributed by atoms with E-state index in [1.54, 1.807) is 36.3 Å². The van der Waals surface area contributed by atoms with Crippen molar-refractivity contribution >= 4 is 23.3 Å². The Balaban J connectivity index is 1.56. The number of carbonyl (C=O) groups is 2. The second-order valence-corrected chi connectivity index (χ2v) is 6.28. The quantitative estimate of drug-likeness (QED) is 0.833. The van der Waals surface area contributed by atoms with Crippen LogP contribution in [0.1, 0.15) is 12.0 Å². The fourth-order valence-corrected chi connectivity index (χ4v) is 2.91. The van der Waals surface area contributed by atoms with Gasteiger partial charge >= 0.3 is 12.2 Å². The number of hydrogen-bond acceptors (Lipinski definition) is 3. The number of amides is 3. The molecule has 28 heavy (non-hydrogen) atoms. The number of carbonyl (C=O) groups excluding carboxylic acids is 2. The van der Waals surface area contributed by atoms with Gasteiger partial charge in [0.1, 0.15) is 5.75 Å². The smallest absolute Gasteiger partial charge is 0.416 e. The van der Waals surface area contributed by atoms with Gasteiger partial charge in [-0.2, -0.15) is 13.2 Å². The summed E-state index contributed by atoms with van der Waals surface area (Å²) in [7, 11) is 1.55. The van der Waals surface area contributed by atoms with Gasteiger partial charge in [0.25, 0.3) is 0 Å². The molecule has 0 aromatic heterocycles. The zero-order valence-electron chi connectivity index (χ0n) is 14.9. The summed E-state index contributed by atoms with van der Waals surface area (Å²) < 4.78 is 42.8. The Labute approximate surface area is 159 Å². The molecule has 2 N–H and O–H groups in total. The number of nitrogens with one attached hydrogen (secondary N) is 2. The lowest BCUT2D eigenvalue weighted by Crippen LogP contribution is -2.39. The molecule has 9 heteroatoms. The largest absolute Gasteiger partial charge is 0.497 e. The Morgan fingerprint density at radius 3 is 2.32 bits per heavy atom. The molecule has 2 aromatic rings. The Morgan fingerprint density at radius 1 is 1.11 bits per heavy atom. The van der Waals surface area contributed by atoms with Gasteiger partial charge in [0.05, 0.1) is 18.7 Å². The maximum absolute atomic E-state index is 12.6. The van der Waals surface area contributed by atoms with E-state index < -0.39 is 23.8 Å². The summed E-state index contributed by atoms with van der Waals surface area (Å²) in [6.07, 6.45) is -4.30. The molecular weight excluding hydrogens is 375 g/mol. The van der Waals surface area contributed by atoms with E-state index in [9.17, 15) is 22.8 Å². The van der Waals surface area contributed by atoms with Crippen LogP contribution < -0.4 is 20.3 Å². The summed E-state index contributed by atoms with van der Waals surface area (Å²) in [6, 6.07) is 10.1. The van der Waals surface area contributed by atoms with Crippen molar-refractivity contribution in [1.82, 2.24) is 5.32 Å². The van der Waals surface area contributed by atoms with Crippen molar-refractivity contribution in [2.75, 3.05) is 23.9 Å². The minimum absolute atomic E-state index is 0.131. The molecule has 1 heterocycles. The van der Waals surface area contributed by atoms with Crippen molar-refractivity contribution in [2.24, 2.45) is 0 Å². The molecule has 3 rings (SSSR count). The molecule has 0 radical (unpaired) electrons. The van der Waals surface area contributed by atoms with Crippen molar-refractivity contribution in [3.8, 4) is 5.75 Å². The van der Waals surface area contributed by atoms with E-state index in [4.69, 9.17) is 4.74 Å². The first kappa shape index (κ1) is 19.5. The predicted molar refractivity (Wildman–Crippen MR) is 97.4 cm³/mol. The van der Waals surface area contributed by atoms with Gasteiger partial charge in [-0.25, -0.2) is 4.79 Å². The number of anilines is 2. The third-order valence-electron chi connectivity index (χ3n) is 4.31. The lowest BCUT2D eigenvalue weighted by molar-refractivity contribution is -0.137. The Morgan fingerprint density at radius 2 is 1.75 bits per heavy atom. The summed E-state index contributed by atoms with van der Waals surface area (Å²) >= 11 is 0. The Bertz CT molecular complexity index is 851. The van der Waals surface area contributed by atoms with Crippen LogP contribution in [0.5, 0.6) is 5.75 Å². The number of hydrogen-bond donors (Lipinski definition) is 2. The average molecular weight is 393 g/mol. The topological polar surface area (TPSA) is 70.7 Å². The first-order valence-corrected chi connectivity index (χ1v) is 8.45. The van der Waals surface area contributed by atoms with E-state index in [0.717, 1.165) is 12.1 Å². The Kier molecular flexibility index (Phi) is 5.43. The molecule has 0 aliphatic carbocycles. The van der Waals surface area contributed by atoms with Gasteiger partial charge in [-0.05, 0) is 48.5 Å². The van der Waals surface area contributed by atoms with Crippen LogP contribution in [0, 0.1) is 0 Å². The van der Waals surface area contributed by atoms with Crippen molar-refractivity contribution in [3.05, 3.63) is 54.1 Å². The zero-order chi connectivity index (χ0) is 20.3. The van der Waals surface area contributed by atoms with Gasteiger partial charge in [-0.15, -0.1) is 0 Å². The number of urea groups is 1. The first-order chi connectivity index (χ1) is 13.3. The van der Waals surface area contributed by atoms with Crippen LogP contribution >= 0.6 is 0 Å². The van der Waals surface area contributed by atoms with Gasteiger partial charge in [0, 0.05) is 24.3 Å². The van der Waals surface area contributed by atoms with E-state index in [1.165, 1.54) is 12.1 Å². The van der Waals surface area contributed by atoms with Crippen LogP contribution in [0.3, 0.4) is 0 Å². The first-order valence-electron chi connectivity index (χ1n) is 8.45. The fraction of sp³-hybridized carbons (Fsp3) is 0.263. The van der Waals surface area contributed by atoms with E-state index in [2.05, 4.69) is 10.6 Å². The van der Waals surface area contributed by atoms with E-state index in [1.807, 2.05) is 0 Å². The summed E-state index contributed by atoms with van der Waals surface area (Å²) in [5, 5.41) is 5.13. The average Bonchev–Trinajstić information content (AvgIpc) is 3.01. The standard InChI is InChI=1S/C19H18F3N3O3/c1-28-16-8-6-15(7-9-16)25-11-14(10-17(25)26)24-18(27)23-13-4-2-12(3-5-13)19(20,21)22/h2-9,14H,10-11H2,1H3,(H2,23,24,27)/t14-/m1/s1.